The number of aromatic nitrogens is 1. The molecular weight excluding hydrogens is 271 g/mol. The highest BCUT2D eigenvalue weighted by molar-refractivity contribution is 5.16. The van der Waals surface area contributed by atoms with Gasteiger partial charge in [0.05, 0.1) is 18.9 Å². The average Bonchev–Trinajstić information content (AvgIpc) is 3.06. The van der Waals surface area contributed by atoms with Crippen LogP contribution >= 0.6 is 0 Å². The normalized spacial score (nSPS) is 21.8. The van der Waals surface area contributed by atoms with E-state index in [4.69, 9.17) is 9.26 Å². The van der Waals surface area contributed by atoms with Gasteiger partial charge in [0.15, 0.2) is 0 Å². The monoisotopic (exact) mass is 290 g/mol. The van der Waals surface area contributed by atoms with Crippen LogP contribution in [0.4, 0.5) is 4.39 Å². The molecule has 2 aromatic rings. The van der Waals surface area contributed by atoms with Gasteiger partial charge in [-0.15, -0.1) is 0 Å². The van der Waals surface area contributed by atoms with Crippen molar-refractivity contribution in [1.29, 1.82) is 0 Å². The maximum Gasteiger partial charge on any atom is 0.137 e. The van der Waals surface area contributed by atoms with Gasteiger partial charge in [-0.25, -0.2) is 4.39 Å². The molecule has 1 N–H and O–H groups in total. The second-order valence-corrected chi connectivity index (χ2v) is 5.55. The van der Waals surface area contributed by atoms with Crippen molar-refractivity contribution in [3.8, 4) is 0 Å². The molecule has 0 unspecified atom stereocenters. The van der Waals surface area contributed by atoms with Crippen molar-refractivity contribution in [2.24, 2.45) is 5.92 Å². The number of rotatable bonds is 5. The van der Waals surface area contributed by atoms with Gasteiger partial charge in [-0.1, -0.05) is 17.3 Å². The number of hydrogen-bond donors (Lipinski definition) is 1. The Morgan fingerprint density at radius 3 is 3.00 bits per heavy atom. The van der Waals surface area contributed by atoms with Crippen molar-refractivity contribution in [3.05, 3.63) is 53.2 Å². The van der Waals surface area contributed by atoms with Crippen LogP contribution in [0, 0.1) is 18.7 Å². The lowest BCUT2D eigenvalue weighted by Crippen LogP contribution is -2.36. The first-order chi connectivity index (χ1) is 10.2. The average molecular weight is 290 g/mol. The Morgan fingerprint density at radius 2 is 2.24 bits per heavy atom. The molecule has 3 rings (SSSR count). The van der Waals surface area contributed by atoms with Crippen LogP contribution in [0.1, 0.15) is 17.0 Å². The molecule has 1 aromatic heterocycles. The number of nitrogens with one attached hydrogen (secondary N) is 1. The van der Waals surface area contributed by atoms with Crippen molar-refractivity contribution in [1.82, 2.24) is 10.5 Å². The second-order valence-electron chi connectivity index (χ2n) is 5.55. The molecule has 1 aliphatic heterocycles. The maximum absolute atomic E-state index is 13.2. The fraction of sp³-hybridized carbons (Fsp3) is 0.438. The Bertz CT molecular complexity index is 599. The number of aryl methyl sites for hydroxylation is 1. The maximum atomic E-state index is 13.2. The SMILES string of the molecule is Cc1cc(C[C@@H]2COC[C@H]2NCc2cccc(F)c2)on1. The van der Waals surface area contributed by atoms with Crippen LogP contribution in [0.3, 0.4) is 0 Å². The molecule has 1 aromatic carbocycles. The standard InChI is InChI=1S/C16H19FN2O2/c1-11-5-15(21-19-11)7-13-9-20-10-16(13)18-8-12-3-2-4-14(17)6-12/h2-6,13,16,18H,7-10H2,1H3/t13-,16-/m1/s1. The van der Waals surface area contributed by atoms with Crippen molar-refractivity contribution < 1.29 is 13.7 Å². The fourth-order valence-electron chi connectivity index (χ4n) is 2.69. The highest BCUT2D eigenvalue weighted by atomic mass is 19.1. The third-order valence-corrected chi connectivity index (χ3v) is 3.80. The Kier molecular flexibility index (Phi) is 4.31. The summed E-state index contributed by atoms with van der Waals surface area (Å²) in [6, 6.07) is 8.86. The van der Waals surface area contributed by atoms with E-state index < -0.39 is 0 Å². The topological polar surface area (TPSA) is 47.3 Å². The number of benzene rings is 1. The molecular formula is C16H19FN2O2. The van der Waals surface area contributed by atoms with Gasteiger partial charge in [0.25, 0.3) is 0 Å². The number of ether oxygens (including phenoxy) is 1. The lowest BCUT2D eigenvalue weighted by molar-refractivity contribution is 0.181. The van der Waals surface area contributed by atoms with Crippen LogP contribution in [-0.2, 0) is 17.7 Å². The van der Waals surface area contributed by atoms with Crippen LogP contribution in [0.25, 0.3) is 0 Å². The summed E-state index contributed by atoms with van der Waals surface area (Å²) in [4.78, 5) is 0. The van der Waals surface area contributed by atoms with E-state index in [1.165, 1.54) is 6.07 Å². The Hall–Kier alpha value is -1.72. The summed E-state index contributed by atoms with van der Waals surface area (Å²) in [6.45, 7) is 3.93. The second kappa shape index (κ2) is 6.37. The van der Waals surface area contributed by atoms with Gasteiger partial charge in [-0.2, -0.15) is 0 Å². The summed E-state index contributed by atoms with van der Waals surface area (Å²) in [5, 5.41) is 7.36. The van der Waals surface area contributed by atoms with E-state index in [1.807, 2.05) is 19.1 Å². The Balaban J connectivity index is 1.56. The highest BCUT2D eigenvalue weighted by Crippen LogP contribution is 2.20. The van der Waals surface area contributed by atoms with Gasteiger partial charge in [-0.05, 0) is 24.6 Å². The molecule has 1 saturated heterocycles. The molecule has 1 fully saturated rings. The minimum Gasteiger partial charge on any atom is -0.379 e. The van der Waals surface area contributed by atoms with Gasteiger partial charge < -0.3 is 14.6 Å². The van der Waals surface area contributed by atoms with Gasteiger partial charge in [0.2, 0.25) is 0 Å². The van der Waals surface area contributed by atoms with Crippen LogP contribution in [0.5, 0.6) is 0 Å². The highest BCUT2D eigenvalue weighted by Gasteiger charge is 2.29. The molecule has 0 aliphatic carbocycles. The largest absolute Gasteiger partial charge is 0.379 e. The van der Waals surface area contributed by atoms with Gasteiger partial charge in [0, 0.05) is 31.0 Å². The van der Waals surface area contributed by atoms with E-state index in [1.54, 1.807) is 12.1 Å². The zero-order valence-electron chi connectivity index (χ0n) is 12.0. The van der Waals surface area contributed by atoms with E-state index in [-0.39, 0.29) is 11.9 Å². The van der Waals surface area contributed by atoms with E-state index in [2.05, 4.69) is 10.5 Å². The zero-order valence-corrected chi connectivity index (χ0v) is 12.0. The summed E-state index contributed by atoms with van der Waals surface area (Å²) >= 11 is 0. The van der Waals surface area contributed by atoms with E-state index in [9.17, 15) is 4.39 Å². The van der Waals surface area contributed by atoms with Gasteiger partial charge >= 0.3 is 0 Å². The third-order valence-electron chi connectivity index (χ3n) is 3.80. The minimum atomic E-state index is -0.203. The quantitative estimate of drug-likeness (QED) is 0.919. The van der Waals surface area contributed by atoms with Crippen molar-refractivity contribution in [2.75, 3.05) is 13.2 Å². The van der Waals surface area contributed by atoms with Gasteiger partial charge in [-0.3, -0.25) is 0 Å². The molecule has 21 heavy (non-hydrogen) atoms. The molecule has 5 heteroatoms. The molecule has 1 aliphatic rings. The molecule has 0 bridgehead atoms. The Labute approximate surface area is 123 Å². The predicted octanol–water partition coefficient (Wildman–Crippen LogP) is 2.47. The van der Waals surface area contributed by atoms with Crippen molar-refractivity contribution in [2.45, 2.75) is 25.9 Å². The minimum absolute atomic E-state index is 0.203. The lowest BCUT2D eigenvalue weighted by atomic mass is 9.98. The number of halogens is 1. The first kappa shape index (κ1) is 14.2. The lowest BCUT2D eigenvalue weighted by Gasteiger charge is -2.18. The Morgan fingerprint density at radius 1 is 1.33 bits per heavy atom. The summed E-state index contributed by atoms with van der Waals surface area (Å²) < 4.78 is 24.0. The van der Waals surface area contributed by atoms with E-state index >= 15 is 0 Å². The molecule has 0 amide bonds. The summed E-state index contributed by atoms with van der Waals surface area (Å²) in [7, 11) is 0. The van der Waals surface area contributed by atoms with Gasteiger partial charge in [0.1, 0.15) is 11.6 Å². The van der Waals surface area contributed by atoms with E-state index in [0.29, 0.717) is 25.7 Å². The van der Waals surface area contributed by atoms with Crippen LogP contribution < -0.4 is 5.32 Å². The summed E-state index contributed by atoms with van der Waals surface area (Å²) in [6.07, 6.45) is 0.807. The molecule has 4 nitrogen and oxygen atoms in total. The third kappa shape index (κ3) is 3.68. The van der Waals surface area contributed by atoms with Crippen molar-refractivity contribution >= 4 is 0 Å². The van der Waals surface area contributed by atoms with Crippen LogP contribution in [0.2, 0.25) is 0 Å². The smallest absolute Gasteiger partial charge is 0.137 e. The van der Waals surface area contributed by atoms with Crippen LogP contribution in [0.15, 0.2) is 34.9 Å². The predicted molar refractivity (Wildman–Crippen MR) is 76.3 cm³/mol. The molecule has 2 heterocycles. The van der Waals surface area contributed by atoms with Crippen LogP contribution in [-0.4, -0.2) is 24.4 Å². The summed E-state index contributed by atoms with van der Waals surface area (Å²) in [5.74, 6) is 1.04. The molecule has 0 radical (unpaired) electrons. The molecule has 2 atom stereocenters. The van der Waals surface area contributed by atoms with Crippen molar-refractivity contribution in [3.63, 3.8) is 0 Å². The molecule has 112 valence electrons. The fourth-order valence-corrected chi connectivity index (χ4v) is 2.69. The first-order valence-corrected chi connectivity index (χ1v) is 7.18. The van der Waals surface area contributed by atoms with E-state index in [0.717, 1.165) is 23.4 Å². The number of hydrogen-bond acceptors (Lipinski definition) is 4. The first-order valence-electron chi connectivity index (χ1n) is 7.18. The molecule has 0 saturated carbocycles. The summed E-state index contributed by atoms with van der Waals surface area (Å²) in [5.41, 5.74) is 1.84. The molecule has 0 spiro atoms. The zero-order chi connectivity index (χ0) is 14.7. The number of nitrogens with zero attached hydrogens (tertiary/aromatic N) is 1.